The van der Waals surface area contributed by atoms with Crippen LogP contribution in [0.5, 0.6) is 0 Å². The van der Waals surface area contributed by atoms with Crippen LogP contribution >= 0.6 is 0 Å². The van der Waals surface area contributed by atoms with E-state index in [4.69, 9.17) is 0 Å². The number of benzene rings is 1. The third-order valence-electron chi connectivity index (χ3n) is 2.52. The van der Waals surface area contributed by atoms with E-state index in [1.165, 1.54) is 12.7 Å². The van der Waals surface area contributed by atoms with Crippen LogP contribution in [-0.4, -0.2) is 13.1 Å². The van der Waals surface area contributed by atoms with Crippen molar-refractivity contribution in [3.63, 3.8) is 0 Å². The number of rotatable bonds is 2. The molecule has 2 heteroatoms. The molecule has 1 fully saturated rings. The van der Waals surface area contributed by atoms with Gasteiger partial charge < -0.3 is 4.74 Å². The average Bonchev–Trinajstić information content (AvgIpc) is 2.98. The first kappa shape index (κ1) is 8.30. The first-order valence-electron chi connectivity index (χ1n) is 4.45. The molecule has 0 spiro atoms. The molecule has 2 atom stereocenters. The maximum absolute atomic E-state index is 11.1. The second-order valence-electron chi connectivity index (χ2n) is 3.38. The molecule has 1 aliphatic rings. The number of esters is 1. The van der Waals surface area contributed by atoms with Crippen LogP contribution in [0.4, 0.5) is 0 Å². The molecule has 68 valence electrons. The van der Waals surface area contributed by atoms with Gasteiger partial charge in [-0.2, -0.15) is 0 Å². The Labute approximate surface area is 77.5 Å². The van der Waals surface area contributed by atoms with E-state index < -0.39 is 0 Å². The highest BCUT2D eigenvalue weighted by atomic mass is 16.5. The zero-order chi connectivity index (χ0) is 9.26. The van der Waals surface area contributed by atoms with E-state index >= 15 is 0 Å². The van der Waals surface area contributed by atoms with Crippen molar-refractivity contribution < 1.29 is 9.53 Å². The van der Waals surface area contributed by atoms with Gasteiger partial charge in [-0.1, -0.05) is 30.3 Å². The molecule has 0 heterocycles. The largest absolute Gasteiger partial charge is 0.469 e. The van der Waals surface area contributed by atoms with Crippen LogP contribution in [0.2, 0.25) is 0 Å². The number of carbonyl (C=O) groups excluding carboxylic acids is 1. The lowest BCUT2D eigenvalue weighted by atomic mass is 10.1. The van der Waals surface area contributed by atoms with Gasteiger partial charge in [0, 0.05) is 0 Å². The second kappa shape index (κ2) is 3.21. The fourth-order valence-electron chi connectivity index (χ4n) is 1.68. The molecule has 0 N–H and O–H groups in total. The summed E-state index contributed by atoms with van der Waals surface area (Å²) in [5, 5.41) is 0. The van der Waals surface area contributed by atoms with Crippen LogP contribution in [0.1, 0.15) is 17.9 Å². The van der Waals surface area contributed by atoms with E-state index in [2.05, 4.69) is 16.9 Å². The van der Waals surface area contributed by atoms with Gasteiger partial charge in [0.2, 0.25) is 0 Å². The molecule has 1 aliphatic carbocycles. The molecule has 0 aromatic heterocycles. The summed E-state index contributed by atoms with van der Waals surface area (Å²) in [7, 11) is 1.45. The molecule has 0 amide bonds. The van der Waals surface area contributed by atoms with E-state index in [1.807, 2.05) is 18.2 Å². The Bertz CT molecular complexity index is 305. The van der Waals surface area contributed by atoms with Gasteiger partial charge in [-0.05, 0) is 17.9 Å². The van der Waals surface area contributed by atoms with Gasteiger partial charge in [0.05, 0.1) is 13.0 Å². The lowest BCUT2D eigenvalue weighted by Crippen LogP contribution is -2.03. The summed E-state index contributed by atoms with van der Waals surface area (Å²) in [5.74, 6) is 0.426. The fraction of sp³-hybridized carbons (Fsp3) is 0.364. The molecule has 2 nitrogen and oxygen atoms in total. The van der Waals surface area contributed by atoms with E-state index in [0.29, 0.717) is 5.92 Å². The third kappa shape index (κ3) is 1.57. The molecular weight excluding hydrogens is 164 g/mol. The Hall–Kier alpha value is -1.31. The van der Waals surface area contributed by atoms with Gasteiger partial charge in [0.1, 0.15) is 0 Å². The van der Waals surface area contributed by atoms with E-state index in [-0.39, 0.29) is 11.9 Å². The van der Waals surface area contributed by atoms with Crippen molar-refractivity contribution in [2.75, 3.05) is 7.11 Å². The SMILES string of the molecule is COC(=O)[C@@H]1C[C@H]1c1ccccc1. The maximum atomic E-state index is 11.1. The predicted molar refractivity (Wildman–Crippen MR) is 49.3 cm³/mol. The van der Waals surface area contributed by atoms with Gasteiger partial charge in [-0.25, -0.2) is 0 Å². The third-order valence-corrected chi connectivity index (χ3v) is 2.52. The van der Waals surface area contributed by atoms with Crippen molar-refractivity contribution in [3.05, 3.63) is 35.9 Å². The minimum Gasteiger partial charge on any atom is -0.469 e. The number of ether oxygens (including phenoxy) is 1. The quantitative estimate of drug-likeness (QED) is 0.644. The topological polar surface area (TPSA) is 26.3 Å². The van der Waals surface area contributed by atoms with Crippen molar-refractivity contribution in [2.45, 2.75) is 12.3 Å². The van der Waals surface area contributed by atoms with Gasteiger partial charge in [0.25, 0.3) is 0 Å². The maximum Gasteiger partial charge on any atom is 0.309 e. The summed E-state index contributed by atoms with van der Waals surface area (Å²) in [4.78, 5) is 11.1. The number of methoxy groups -OCH3 is 1. The first-order valence-corrected chi connectivity index (χ1v) is 4.45. The fourth-order valence-corrected chi connectivity index (χ4v) is 1.68. The van der Waals surface area contributed by atoms with Crippen LogP contribution in [0.15, 0.2) is 30.3 Å². The van der Waals surface area contributed by atoms with Crippen LogP contribution in [0, 0.1) is 5.92 Å². The summed E-state index contributed by atoms with van der Waals surface area (Å²) in [6, 6.07) is 10.1. The molecule has 1 aromatic carbocycles. The monoisotopic (exact) mass is 176 g/mol. The molecule has 0 unspecified atom stereocenters. The summed E-state index contributed by atoms with van der Waals surface area (Å²) in [6.45, 7) is 0. The van der Waals surface area contributed by atoms with E-state index in [9.17, 15) is 4.79 Å². The van der Waals surface area contributed by atoms with Crippen molar-refractivity contribution in [3.8, 4) is 0 Å². The number of hydrogen-bond donors (Lipinski definition) is 0. The highest BCUT2D eigenvalue weighted by Gasteiger charge is 2.44. The lowest BCUT2D eigenvalue weighted by Gasteiger charge is -1.98. The smallest absolute Gasteiger partial charge is 0.309 e. The molecular formula is C11H12O2. The molecule has 13 heavy (non-hydrogen) atoms. The van der Waals surface area contributed by atoms with Crippen molar-refractivity contribution >= 4 is 5.97 Å². The van der Waals surface area contributed by atoms with Crippen LogP contribution in [0.3, 0.4) is 0 Å². The highest BCUT2D eigenvalue weighted by molar-refractivity contribution is 5.77. The highest BCUT2D eigenvalue weighted by Crippen LogP contribution is 2.47. The van der Waals surface area contributed by atoms with Crippen LogP contribution in [0.25, 0.3) is 0 Å². The second-order valence-corrected chi connectivity index (χ2v) is 3.38. The standard InChI is InChI=1S/C11H12O2/c1-13-11(12)10-7-9(10)8-5-3-2-4-6-8/h2-6,9-10H,7H2,1H3/t9-,10+/m0/s1. The molecule has 2 rings (SSSR count). The summed E-state index contributed by atoms with van der Waals surface area (Å²) < 4.78 is 4.69. The molecule has 0 radical (unpaired) electrons. The Kier molecular flexibility index (Phi) is 2.05. The van der Waals surface area contributed by atoms with Crippen LogP contribution < -0.4 is 0 Å². The minimum atomic E-state index is -0.0751. The molecule has 0 saturated heterocycles. The summed E-state index contributed by atoms with van der Waals surface area (Å²) in [6.07, 6.45) is 0.941. The molecule has 0 bridgehead atoms. The Morgan fingerprint density at radius 3 is 2.69 bits per heavy atom. The Morgan fingerprint density at radius 1 is 1.38 bits per heavy atom. The van der Waals surface area contributed by atoms with Gasteiger partial charge in [0.15, 0.2) is 0 Å². The van der Waals surface area contributed by atoms with E-state index in [1.54, 1.807) is 0 Å². The normalized spacial score (nSPS) is 25.3. The molecule has 1 saturated carbocycles. The van der Waals surface area contributed by atoms with Gasteiger partial charge in [-0.15, -0.1) is 0 Å². The Morgan fingerprint density at radius 2 is 2.08 bits per heavy atom. The summed E-state index contributed by atoms with van der Waals surface area (Å²) in [5.41, 5.74) is 1.25. The molecule has 0 aliphatic heterocycles. The minimum absolute atomic E-state index is 0.0751. The number of hydrogen-bond acceptors (Lipinski definition) is 2. The zero-order valence-electron chi connectivity index (χ0n) is 7.57. The first-order chi connectivity index (χ1) is 6.33. The lowest BCUT2D eigenvalue weighted by molar-refractivity contribution is -0.142. The summed E-state index contributed by atoms with van der Waals surface area (Å²) >= 11 is 0. The van der Waals surface area contributed by atoms with Crippen molar-refractivity contribution in [2.24, 2.45) is 5.92 Å². The van der Waals surface area contributed by atoms with Crippen molar-refractivity contribution in [1.82, 2.24) is 0 Å². The number of carbonyl (C=O) groups is 1. The van der Waals surface area contributed by atoms with Gasteiger partial charge in [-0.3, -0.25) is 4.79 Å². The zero-order valence-corrected chi connectivity index (χ0v) is 7.57. The van der Waals surface area contributed by atoms with Crippen molar-refractivity contribution in [1.29, 1.82) is 0 Å². The predicted octanol–water partition coefficient (Wildman–Crippen LogP) is 1.96. The van der Waals surface area contributed by atoms with E-state index in [0.717, 1.165) is 6.42 Å². The van der Waals surface area contributed by atoms with Crippen LogP contribution in [-0.2, 0) is 9.53 Å². The Balaban J connectivity index is 2.04. The van der Waals surface area contributed by atoms with Gasteiger partial charge >= 0.3 is 5.97 Å². The molecule has 1 aromatic rings. The average molecular weight is 176 g/mol.